The molecule has 0 atom stereocenters. The Morgan fingerprint density at radius 2 is 1.16 bits per heavy atom. The molecule has 0 N–H and O–H groups in total. The van der Waals surface area contributed by atoms with Crippen LogP contribution in [-0.2, 0) is 22.4 Å². The van der Waals surface area contributed by atoms with Gasteiger partial charge in [0.25, 0.3) is 0 Å². The standard InChI is InChI=1S/C14H14.C3H6O2/c1-3-7-13(8-4-1)11-12-14-9-5-2-6-10-14;1-3(4)5-2/h1-10H,11-12H2;1-2H3. The first-order valence-electron chi connectivity index (χ1n) is 6.34. The van der Waals surface area contributed by atoms with Gasteiger partial charge in [0.05, 0.1) is 7.11 Å². The number of hydrogen-bond acceptors (Lipinski definition) is 2. The molecular weight excluding hydrogens is 236 g/mol. The van der Waals surface area contributed by atoms with E-state index in [-0.39, 0.29) is 5.97 Å². The third kappa shape index (κ3) is 7.04. The minimum Gasteiger partial charge on any atom is -0.469 e. The van der Waals surface area contributed by atoms with Crippen LogP contribution in [0.15, 0.2) is 60.7 Å². The number of carbonyl (C=O) groups excluding carboxylic acids is 1. The average molecular weight is 256 g/mol. The highest BCUT2D eigenvalue weighted by molar-refractivity contribution is 5.65. The fraction of sp³-hybridized carbons (Fsp3) is 0.235. The van der Waals surface area contributed by atoms with Gasteiger partial charge in [-0.2, -0.15) is 0 Å². The maximum absolute atomic E-state index is 9.59. The summed E-state index contributed by atoms with van der Waals surface area (Å²) in [5, 5.41) is 0. The normalized spacial score (nSPS) is 9.16. The van der Waals surface area contributed by atoms with Gasteiger partial charge in [-0.3, -0.25) is 4.79 Å². The van der Waals surface area contributed by atoms with Gasteiger partial charge in [0.15, 0.2) is 0 Å². The Morgan fingerprint density at radius 3 is 1.42 bits per heavy atom. The number of rotatable bonds is 3. The molecule has 0 aliphatic heterocycles. The Morgan fingerprint density at radius 1 is 0.842 bits per heavy atom. The van der Waals surface area contributed by atoms with Crippen LogP contribution in [-0.4, -0.2) is 13.1 Å². The summed E-state index contributed by atoms with van der Waals surface area (Å²) in [5.74, 6) is -0.245. The summed E-state index contributed by atoms with van der Waals surface area (Å²) < 4.78 is 4.11. The first kappa shape index (κ1) is 15.0. The van der Waals surface area contributed by atoms with Crippen LogP contribution in [0.1, 0.15) is 18.1 Å². The summed E-state index contributed by atoms with van der Waals surface area (Å²) in [7, 11) is 1.35. The molecule has 0 amide bonds. The minimum absolute atomic E-state index is 0.245. The van der Waals surface area contributed by atoms with Crippen LogP contribution in [0.2, 0.25) is 0 Å². The van der Waals surface area contributed by atoms with Gasteiger partial charge < -0.3 is 4.74 Å². The predicted octanol–water partition coefficient (Wildman–Crippen LogP) is 3.65. The molecule has 2 aromatic rings. The fourth-order valence-electron chi connectivity index (χ4n) is 1.58. The molecule has 0 spiro atoms. The van der Waals surface area contributed by atoms with Crippen molar-refractivity contribution in [1.82, 2.24) is 0 Å². The summed E-state index contributed by atoms with van der Waals surface area (Å²) >= 11 is 0. The first-order valence-corrected chi connectivity index (χ1v) is 6.34. The van der Waals surface area contributed by atoms with E-state index in [1.54, 1.807) is 0 Å². The van der Waals surface area contributed by atoms with E-state index in [1.807, 2.05) is 0 Å². The highest BCUT2D eigenvalue weighted by Gasteiger charge is 1.93. The molecule has 0 unspecified atom stereocenters. The van der Waals surface area contributed by atoms with Crippen molar-refractivity contribution in [2.24, 2.45) is 0 Å². The number of carbonyl (C=O) groups is 1. The zero-order valence-electron chi connectivity index (χ0n) is 11.5. The fourth-order valence-corrected chi connectivity index (χ4v) is 1.58. The molecule has 100 valence electrons. The third-order valence-corrected chi connectivity index (χ3v) is 2.68. The quantitative estimate of drug-likeness (QED) is 0.783. The molecule has 2 rings (SSSR count). The van der Waals surface area contributed by atoms with Crippen LogP contribution >= 0.6 is 0 Å². The highest BCUT2D eigenvalue weighted by Crippen LogP contribution is 2.06. The highest BCUT2D eigenvalue weighted by atomic mass is 16.5. The molecule has 2 aromatic carbocycles. The van der Waals surface area contributed by atoms with Crippen molar-refractivity contribution in [2.75, 3.05) is 7.11 Å². The number of aryl methyl sites for hydroxylation is 2. The van der Waals surface area contributed by atoms with Gasteiger partial charge in [-0.05, 0) is 24.0 Å². The van der Waals surface area contributed by atoms with E-state index in [2.05, 4.69) is 65.4 Å². The smallest absolute Gasteiger partial charge is 0.302 e. The minimum atomic E-state index is -0.245. The Balaban J connectivity index is 0.000000312. The van der Waals surface area contributed by atoms with Crippen LogP contribution in [0, 0.1) is 0 Å². The molecule has 2 nitrogen and oxygen atoms in total. The van der Waals surface area contributed by atoms with Crippen LogP contribution in [0.5, 0.6) is 0 Å². The number of esters is 1. The lowest BCUT2D eigenvalue weighted by atomic mass is 10.0. The van der Waals surface area contributed by atoms with Crippen molar-refractivity contribution in [3.63, 3.8) is 0 Å². The molecule has 0 saturated carbocycles. The monoisotopic (exact) mass is 256 g/mol. The molecule has 2 heteroatoms. The Kier molecular flexibility index (Phi) is 7.03. The van der Waals surface area contributed by atoms with Crippen LogP contribution in [0.3, 0.4) is 0 Å². The third-order valence-electron chi connectivity index (χ3n) is 2.68. The maximum Gasteiger partial charge on any atom is 0.302 e. The maximum atomic E-state index is 9.59. The van der Waals surface area contributed by atoms with Gasteiger partial charge in [-0.1, -0.05) is 60.7 Å². The second-order valence-corrected chi connectivity index (χ2v) is 4.17. The van der Waals surface area contributed by atoms with E-state index in [0.717, 1.165) is 12.8 Å². The summed E-state index contributed by atoms with van der Waals surface area (Å²) in [6, 6.07) is 21.2. The van der Waals surface area contributed by atoms with Crippen LogP contribution in [0.25, 0.3) is 0 Å². The molecule has 0 saturated heterocycles. The van der Waals surface area contributed by atoms with Crippen LogP contribution in [0.4, 0.5) is 0 Å². The van der Waals surface area contributed by atoms with Crippen molar-refractivity contribution in [1.29, 1.82) is 0 Å². The molecule has 0 aromatic heterocycles. The van der Waals surface area contributed by atoms with E-state index in [1.165, 1.54) is 25.2 Å². The lowest BCUT2D eigenvalue weighted by molar-refractivity contribution is -0.137. The Bertz CT molecular complexity index is 424. The van der Waals surface area contributed by atoms with Crippen molar-refractivity contribution in [3.05, 3.63) is 71.8 Å². The summed E-state index contributed by atoms with van der Waals surface area (Å²) in [5.41, 5.74) is 2.83. The summed E-state index contributed by atoms with van der Waals surface area (Å²) in [6.07, 6.45) is 2.26. The van der Waals surface area contributed by atoms with E-state index in [0.29, 0.717) is 0 Å². The average Bonchev–Trinajstić information content (AvgIpc) is 2.48. The number of hydrogen-bond donors (Lipinski definition) is 0. The van der Waals surface area contributed by atoms with E-state index < -0.39 is 0 Å². The van der Waals surface area contributed by atoms with Crippen LogP contribution < -0.4 is 0 Å². The lowest BCUT2D eigenvalue weighted by Gasteiger charge is -2.01. The van der Waals surface area contributed by atoms with Gasteiger partial charge in [-0.15, -0.1) is 0 Å². The van der Waals surface area contributed by atoms with E-state index >= 15 is 0 Å². The van der Waals surface area contributed by atoms with Gasteiger partial charge in [0.2, 0.25) is 0 Å². The molecule has 0 radical (unpaired) electrons. The molecule has 19 heavy (non-hydrogen) atoms. The molecular formula is C17H20O2. The van der Waals surface area contributed by atoms with Gasteiger partial charge >= 0.3 is 5.97 Å². The summed E-state index contributed by atoms with van der Waals surface area (Å²) in [6.45, 7) is 1.36. The van der Waals surface area contributed by atoms with Crippen molar-refractivity contribution in [3.8, 4) is 0 Å². The van der Waals surface area contributed by atoms with Gasteiger partial charge in [0, 0.05) is 6.92 Å². The lowest BCUT2D eigenvalue weighted by Crippen LogP contribution is -1.89. The first-order chi connectivity index (χ1) is 9.22. The number of ether oxygens (including phenoxy) is 1. The SMILES string of the molecule is COC(C)=O.c1ccc(CCc2ccccc2)cc1. The molecule has 0 fully saturated rings. The Labute approximate surface area is 115 Å². The molecule has 0 heterocycles. The van der Waals surface area contributed by atoms with Crippen molar-refractivity contribution < 1.29 is 9.53 Å². The molecule has 0 bridgehead atoms. The van der Waals surface area contributed by atoms with Gasteiger partial charge in [-0.25, -0.2) is 0 Å². The second kappa shape index (κ2) is 8.92. The topological polar surface area (TPSA) is 26.3 Å². The van der Waals surface area contributed by atoms with E-state index in [9.17, 15) is 4.79 Å². The van der Waals surface area contributed by atoms with Crippen molar-refractivity contribution >= 4 is 5.97 Å². The molecule has 0 aliphatic carbocycles. The van der Waals surface area contributed by atoms with Gasteiger partial charge in [0.1, 0.15) is 0 Å². The summed E-state index contributed by atoms with van der Waals surface area (Å²) in [4.78, 5) is 9.59. The largest absolute Gasteiger partial charge is 0.469 e. The predicted molar refractivity (Wildman–Crippen MR) is 78.0 cm³/mol. The zero-order valence-corrected chi connectivity index (χ0v) is 11.5. The second-order valence-electron chi connectivity index (χ2n) is 4.17. The van der Waals surface area contributed by atoms with E-state index in [4.69, 9.17) is 0 Å². The Hall–Kier alpha value is -2.09. The number of benzene rings is 2. The zero-order chi connectivity index (χ0) is 13.9. The molecule has 0 aliphatic rings. The van der Waals surface area contributed by atoms with Crippen molar-refractivity contribution in [2.45, 2.75) is 19.8 Å². The number of methoxy groups -OCH3 is 1.